The predicted octanol–water partition coefficient (Wildman–Crippen LogP) is -1.23. The van der Waals surface area contributed by atoms with Crippen LogP contribution in [0.15, 0.2) is 11.1 Å². The lowest BCUT2D eigenvalue weighted by atomic mass is 10.0. The Labute approximate surface area is 89.2 Å². The van der Waals surface area contributed by atoms with Crippen molar-refractivity contribution in [2.45, 2.75) is 19.4 Å². The molecule has 1 saturated heterocycles. The first-order valence-electron chi connectivity index (χ1n) is 4.96. The van der Waals surface area contributed by atoms with Gasteiger partial charge in [0, 0.05) is 18.7 Å². The van der Waals surface area contributed by atoms with Gasteiger partial charge in [-0.25, -0.2) is 0 Å². The molecule has 1 heterocycles. The van der Waals surface area contributed by atoms with Gasteiger partial charge in [0.15, 0.2) is 0 Å². The van der Waals surface area contributed by atoms with Gasteiger partial charge in [0.05, 0.1) is 18.8 Å². The smallest absolute Gasteiger partial charge is 0.247 e. The molecule has 0 bridgehead atoms. The summed E-state index contributed by atoms with van der Waals surface area (Å²) in [5.74, 6) is -0.225. The number of hydrogen-bond donors (Lipinski definition) is 4. The summed E-state index contributed by atoms with van der Waals surface area (Å²) in [4.78, 5) is 11.7. The Morgan fingerprint density at radius 1 is 1.47 bits per heavy atom. The van der Waals surface area contributed by atoms with Crippen LogP contribution in [0.5, 0.6) is 0 Å². The van der Waals surface area contributed by atoms with Crippen molar-refractivity contribution in [1.29, 1.82) is 0 Å². The fraction of sp³-hybridized carbons (Fsp3) is 0.700. The van der Waals surface area contributed by atoms with Crippen molar-refractivity contribution >= 4 is 5.91 Å². The summed E-state index contributed by atoms with van der Waals surface area (Å²) in [5.41, 5.74) is 0.795. The van der Waals surface area contributed by atoms with Crippen molar-refractivity contribution in [3.8, 4) is 0 Å². The van der Waals surface area contributed by atoms with Crippen LogP contribution in [0.3, 0.4) is 0 Å². The number of carbonyl (C=O) groups excluding carboxylic acids is 1. The standard InChI is InChI=1S/C10H18N2O3/c1-7(8-3-11-4-8)9(15)12-10(2,5-13)6-14/h11,13-14H,3-6H2,1-2H3,(H,12,15). The van der Waals surface area contributed by atoms with Crippen molar-refractivity contribution in [3.05, 3.63) is 11.1 Å². The number of aliphatic hydroxyl groups excluding tert-OH is 2. The molecule has 0 atom stereocenters. The molecule has 1 amide bonds. The minimum absolute atomic E-state index is 0.225. The second kappa shape index (κ2) is 4.74. The molecule has 86 valence electrons. The molecule has 0 saturated carbocycles. The number of amides is 1. The molecule has 0 aliphatic carbocycles. The zero-order valence-electron chi connectivity index (χ0n) is 9.13. The summed E-state index contributed by atoms with van der Waals surface area (Å²) < 4.78 is 0. The number of rotatable bonds is 4. The van der Waals surface area contributed by atoms with E-state index in [4.69, 9.17) is 10.2 Å². The average molecular weight is 214 g/mol. The van der Waals surface area contributed by atoms with E-state index in [1.165, 1.54) is 0 Å². The van der Waals surface area contributed by atoms with Gasteiger partial charge in [0.2, 0.25) is 5.91 Å². The van der Waals surface area contributed by atoms with Gasteiger partial charge in [-0.1, -0.05) is 0 Å². The van der Waals surface area contributed by atoms with E-state index in [-0.39, 0.29) is 19.1 Å². The number of nitrogens with one attached hydrogen (secondary N) is 2. The third kappa shape index (κ3) is 2.77. The zero-order valence-corrected chi connectivity index (χ0v) is 9.13. The van der Waals surface area contributed by atoms with Crippen LogP contribution in [0.1, 0.15) is 13.8 Å². The molecule has 5 nitrogen and oxygen atoms in total. The minimum atomic E-state index is -0.948. The molecule has 1 fully saturated rings. The van der Waals surface area contributed by atoms with Crippen LogP contribution in [0.2, 0.25) is 0 Å². The Balaban J connectivity index is 2.62. The maximum absolute atomic E-state index is 11.7. The van der Waals surface area contributed by atoms with E-state index in [9.17, 15) is 4.79 Å². The van der Waals surface area contributed by atoms with E-state index >= 15 is 0 Å². The molecule has 0 unspecified atom stereocenters. The molecule has 5 heteroatoms. The monoisotopic (exact) mass is 214 g/mol. The largest absolute Gasteiger partial charge is 0.394 e. The van der Waals surface area contributed by atoms with Gasteiger partial charge in [-0.05, 0) is 19.4 Å². The van der Waals surface area contributed by atoms with Crippen LogP contribution in [-0.2, 0) is 4.79 Å². The Morgan fingerprint density at radius 2 is 2.00 bits per heavy atom. The van der Waals surface area contributed by atoms with Crippen molar-refractivity contribution in [1.82, 2.24) is 10.6 Å². The maximum atomic E-state index is 11.7. The van der Waals surface area contributed by atoms with Crippen LogP contribution in [-0.4, -0.2) is 48.0 Å². The number of hydrogen-bond acceptors (Lipinski definition) is 4. The third-order valence-corrected chi connectivity index (χ3v) is 2.66. The lowest BCUT2D eigenvalue weighted by Gasteiger charge is -2.28. The molecule has 0 aromatic heterocycles. The predicted molar refractivity (Wildman–Crippen MR) is 56.3 cm³/mol. The number of aliphatic hydroxyl groups is 2. The normalized spacial score (nSPS) is 15.9. The summed E-state index contributed by atoms with van der Waals surface area (Å²) in [5, 5.41) is 23.7. The molecule has 1 rings (SSSR count). The van der Waals surface area contributed by atoms with Gasteiger partial charge in [0.25, 0.3) is 0 Å². The highest BCUT2D eigenvalue weighted by Crippen LogP contribution is 2.10. The van der Waals surface area contributed by atoms with Crippen LogP contribution in [0.4, 0.5) is 0 Å². The van der Waals surface area contributed by atoms with E-state index in [1.807, 2.05) is 0 Å². The van der Waals surface area contributed by atoms with Gasteiger partial charge in [-0.2, -0.15) is 0 Å². The first kappa shape index (κ1) is 12.2. The van der Waals surface area contributed by atoms with E-state index in [2.05, 4.69) is 10.6 Å². The Hall–Kier alpha value is -0.910. The molecule has 0 radical (unpaired) electrons. The Bertz CT molecular complexity index is 276. The summed E-state index contributed by atoms with van der Waals surface area (Å²) >= 11 is 0. The maximum Gasteiger partial charge on any atom is 0.247 e. The zero-order chi connectivity index (χ0) is 11.5. The second-order valence-electron chi connectivity index (χ2n) is 4.16. The van der Waals surface area contributed by atoms with Crippen molar-refractivity contribution in [2.24, 2.45) is 0 Å². The summed E-state index contributed by atoms with van der Waals surface area (Å²) in [6, 6.07) is 0. The third-order valence-electron chi connectivity index (χ3n) is 2.66. The first-order chi connectivity index (χ1) is 7.02. The quantitative estimate of drug-likeness (QED) is 0.441. The van der Waals surface area contributed by atoms with Gasteiger partial charge < -0.3 is 20.8 Å². The van der Waals surface area contributed by atoms with E-state index < -0.39 is 5.54 Å². The lowest BCUT2D eigenvalue weighted by molar-refractivity contribution is -0.120. The highest BCUT2D eigenvalue weighted by molar-refractivity contribution is 5.94. The minimum Gasteiger partial charge on any atom is -0.394 e. The van der Waals surface area contributed by atoms with Crippen LogP contribution in [0.25, 0.3) is 0 Å². The second-order valence-corrected chi connectivity index (χ2v) is 4.16. The molecule has 4 N–H and O–H groups in total. The molecule has 0 aromatic rings. The highest BCUT2D eigenvalue weighted by atomic mass is 16.3. The first-order valence-corrected chi connectivity index (χ1v) is 4.96. The SMILES string of the molecule is CC(C(=O)NC(C)(CO)CO)=C1CNC1. The van der Waals surface area contributed by atoms with Gasteiger partial charge in [-0.3, -0.25) is 4.79 Å². The van der Waals surface area contributed by atoms with E-state index in [0.29, 0.717) is 5.57 Å². The fourth-order valence-corrected chi connectivity index (χ4v) is 1.17. The van der Waals surface area contributed by atoms with Crippen molar-refractivity contribution in [2.75, 3.05) is 26.3 Å². The molecule has 15 heavy (non-hydrogen) atoms. The van der Waals surface area contributed by atoms with Crippen LogP contribution in [0, 0.1) is 0 Å². The van der Waals surface area contributed by atoms with Crippen molar-refractivity contribution < 1.29 is 15.0 Å². The van der Waals surface area contributed by atoms with Gasteiger partial charge in [-0.15, -0.1) is 0 Å². The van der Waals surface area contributed by atoms with E-state index in [1.54, 1.807) is 13.8 Å². The summed E-state index contributed by atoms with van der Waals surface area (Å²) in [7, 11) is 0. The summed E-state index contributed by atoms with van der Waals surface area (Å²) in [6.07, 6.45) is 0. The van der Waals surface area contributed by atoms with Crippen molar-refractivity contribution in [3.63, 3.8) is 0 Å². The Morgan fingerprint density at radius 3 is 2.33 bits per heavy atom. The van der Waals surface area contributed by atoms with Gasteiger partial charge >= 0.3 is 0 Å². The molecule has 0 aromatic carbocycles. The molecular weight excluding hydrogens is 196 g/mol. The average Bonchev–Trinajstić information content (AvgIpc) is 2.14. The Kier molecular flexibility index (Phi) is 3.84. The topological polar surface area (TPSA) is 81.6 Å². The van der Waals surface area contributed by atoms with Crippen LogP contribution < -0.4 is 10.6 Å². The highest BCUT2D eigenvalue weighted by Gasteiger charge is 2.26. The molecule has 1 aliphatic heterocycles. The number of carbonyl (C=O) groups is 1. The fourth-order valence-electron chi connectivity index (χ4n) is 1.17. The molecule has 1 aliphatic rings. The lowest BCUT2D eigenvalue weighted by Crippen LogP contribution is -2.52. The summed E-state index contributed by atoms with van der Waals surface area (Å²) in [6.45, 7) is 4.27. The van der Waals surface area contributed by atoms with Crippen LogP contribution >= 0.6 is 0 Å². The van der Waals surface area contributed by atoms with E-state index in [0.717, 1.165) is 18.7 Å². The molecule has 0 spiro atoms. The molecular formula is C10H18N2O3. The van der Waals surface area contributed by atoms with Gasteiger partial charge in [0.1, 0.15) is 0 Å².